The highest BCUT2D eigenvalue weighted by Gasteiger charge is 2.21. The van der Waals surface area contributed by atoms with Gasteiger partial charge in [-0.2, -0.15) is 0 Å². The lowest BCUT2D eigenvalue weighted by Crippen LogP contribution is -2.31. The van der Waals surface area contributed by atoms with Gasteiger partial charge in [-0.05, 0) is 43.0 Å². The highest BCUT2D eigenvalue weighted by atomic mass is 32.2. The molecular formula is C13H17FN2O3S. The largest absolute Gasteiger partial charge is 0.356 e. The Morgan fingerprint density at radius 3 is 2.50 bits per heavy atom. The van der Waals surface area contributed by atoms with Gasteiger partial charge in [0.1, 0.15) is 5.82 Å². The predicted octanol–water partition coefficient (Wildman–Crippen LogP) is 1.02. The smallest absolute Gasteiger partial charge is 0.240 e. The zero-order valence-electron chi connectivity index (χ0n) is 10.9. The van der Waals surface area contributed by atoms with E-state index in [1.54, 1.807) is 0 Å². The summed E-state index contributed by atoms with van der Waals surface area (Å²) < 4.78 is 38.7. The molecule has 0 aliphatic heterocycles. The molecule has 1 aromatic rings. The van der Waals surface area contributed by atoms with E-state index in [1.165, 1.54) is 12.1 Å². The first-order chi connectivity index (χ1) is 9.47. The van der Waals surface area contributed by atoms with Gasteiger partial charge in [0.15, 0.2) is 0 Å². The van der Waals surface area contributed by atoms with E-state index in [0.717, 1.165) is 25.0 Å². The Labute approximate surface area is 117 Å². The quantitative estimate of drug-likeness (QED) is 0.789. The van der Waals surface area contributed by atoms with Crippen molar-refractivity contribution in [3.05, 3.63) is 30.1 Å². The lowest BCUT2D eigenvalue weighted by Gasteiger charge is -2.07. The van der Waals surface area contributed by atoms with Crippen molar-refractivity contribution in [1.29, 1.82) is 0 Å². The molecule has 0 aromatic heterocycles. The normalized spacial score (nSPS) is 15.1. The second-order valence-corrected chi connectivity index (χ2v) is 6.62. The molecular weight excluding hydrogens is 283 g/mol. The van der Waals surface area contributed by atoms with E-state index in [0.29, 0.717) is 12.5 Å². The number of amides is 1. The summed E-state index contributed by atoms with van der Waals surface area (Å²) in [5.74, 6) is -0.0723. The molecule has 20 heavy (non-hydrogen) atoms. The standard InChI is InChI=1S/C13H17FN2O3S/c14-11-3-5-12(6-4-11)20(18,19)16-8-7-13(17)15-9-10-1-2-10/h3-6,10,16H,1-2,7-9H2,(H,15,17). The average Bonchev–Trinajstić information content (AvgIpc) is 3.20. The molecule has 0 radical (unpaired) electrons. The summed E-state index contributed by atoms with van der Waals surface area (Å²) in [7, 11) is -3.69. The molecule has 110 valence electrons. The fourth-order valence-corrected chi connectivity index (χ4v) is 2.70. The molecule has 1 fully saturated rings. The zero-order chi connectivity index (χ0) is 14.6. The van der Waals surface area contributed by atoms with Crippen LogP contribution in [0.2, 0.25) is 0 Å². The first kappa shape index (κ1) is 14.9. The number of hydrogen-bond acceptors (Lipinski definition) is 3. The van der Waals surface area contributed by atoms with Gasteiger partial charge in [-0.1, -0.05) is 0 Å². The molecule has 0 heterocycles. The fourth-order valence-electron chi connectivity index (χ4n) is 1.66. The Morgan fingerprint density at radius 2 is 1.90 bits per heavy atom. The third-order valence-electron chi connectivity index (χ3n) is 3.05. The topological polar surface area (TPSA) is 75.3 Å². The van der Waals surface area contributed by atoms with Gasteiger partial charge in [-0.15, -0.1) is 0 Å². The van der Waals surface area contributed by atoms with E-state index in [4.69, 9.17) is 0 Å². The number of carbonyl (C=O) groups excluding carboxylic acids is 1. The molecule has 0 atom stereocenters. The van der Waals surface area contributed by atoms with Crippen LogP contribution in [0.15, 0.2) is 29.2 Å². The summed E-state index contributed by atoms with van der Waals surface area (Å²) >= 11 is 0. The van der Waals surface area contributed by atoms with E-state index in [9.17, 15) is 17.6 Å². The van der Waals surface area contributed by atoms with Crippen molar-refractivity contribution in [3.63, 3.8) is 0 Å². The van der Waals surface area contributed by atoms with Crippen LogP contribution in [-0.4, -0.2) is 27.4 Å². The Morgan fingerprint density at radius 1 is 1.25 bits per heavy atom. The number of sulfonamides is 1. The van der Waals surface area contributed by atoms with Crippen molar-refractivity contribution in [2.75, 3.05) is 13.1 Å². The van der Waals surface area contributed by atoms with Gasteiger partial charge in [0.25, 0.3) is 0 Å². The molecule has 5 nitrogen and oxygen atoms in total. The van der Waals surface area contributed by atoms with Gasteiger partial charge in [0.2, 0.25) is 15.9 Å². The summed E-state index contributed by atoms with van der Waals surface area (Å²) in [5, 5.41) is 2.75. The van der Waals surface area contributed by atoms with Crippen LogP contribution in [0, 0.1) is 11.7 Å². The van der Waals surface area contributed by atoms with Gasteiger partial charge < -0.3 is 5.32 Å². The minimum absolute atomic E-state index is 0.0164. The van der Waals surface area contributed by atoms with Crippen molar-refractivity contribution in [2.24, 2.45) is 5.92 Å². The lowest BCUT2D eigenvalue weighted by atomic mass is 10.3. The summed E-state index contributed by atoms with van der Waals surface area (Å²) in [6.45, 7) is 0.694. The summed E-state index contributed by atoms with van der Waals surface area (Å²) in [6, 6.07) is 4.53. The van der Waals surface area contributed by atoms with E-state index in [-0.39, 0.29) is 23.8 Å². The summed E-state index contributed by atoms with van der Waals surface area (Å²) in [4.78, 5) is 11.4. The Hall–Kier alpha value is -1.47. The maximum Gasteiger partial charge on any atom is 0.240 e. The zero-order valence-corrected chi connectivity index (χ0v) is 11.7. The van der Waals surface area contributed by atoms with E-state index >= 15 is 0 Å². The molecule has 0 bridgehead atoms. The molecule has 0 spiro atoms. The minimum Gasteiger partial charge on any atom is -0.356 e. The molecule has 1 aliphatic rings. The third-order valence-corrected chi connectivity index (χ3v) is 4.53. The Bertz CT molecular complexity index is 568. The first-order valence-corrected chi connectivity index (χ1v) is 7.97. The van der Waals surface area contributed by atoms with Crippen LogP contribution in [0.25, 0.3) is 0 Å². The van der Waals surface area contributed by atoms with Gasteiger partial charge in [0, 0.05) is 19.5 Å². The van der Waals surface area contributed by atoms with Crippen molar-refractivity contribution in [2.45, 2.75) is 24.2 Å². The molecule has 1 aliphatic carbocycles. The fraction of sp³-hybridized carbons (Fsp3) is 0.462. The molecule has 1 aromatic carbocycles. The van der Waals surface area contributed by atoms with Crippen molar-refractivity contribution < 1.29 is 17.6 Å². The maximum atomic E-state index is 12.7. The van der Waals surface area contributed by atoms with E-state index < -0.39 is 15.8 Å². The Kier molecular flexibility index (Phi) is 4.72. The van der Waals surface area contributed by atoms with Gasteiger partial charge in [-0.25, -0.2) is 17.5 Å². The van der Waals surface area contributed by atoms with Crippen LogP contribution in [0.3, 0.4) is 0 Å². The first-order valence-electron chi connectivity index (χ1n) is 6.49. The van der Waals surface area contributed by atoms with Crippen LogP contribution in [-0.2, 0) is 14.8 Å². The van der Waals surface area contributed by atoms with Crippen molar-refractivity contribution in [1.82, 2.24) is 10.0 Å². The summed E-state index contributed by atoms with van der Waals surface area (Å²) in [6.07, 6.45) is 2.39. The van der Waals surface area contributed by atoms with E-state index in [1.807, 2.05) is 0 Å². The number of hydrogen-bond donors (Lipinski definition) is 2. The number of benzene rings is 1. The second-order valence-electron chi connectivity index (χ2n) is 4.85. The average molecular weight is 300 g/mol. The van der Waals surface area contributed by atoms with Crippen LogP contribution in [0.5, 0.6) is 0 Å². The summed E-state index contributed by atoms with van der Waals surface area (Å²) in [5.41, 5.74) is 0. The van der Waals surface area contributed by atoms with Gasteiger partial charge in [-0.3, -0.25) is 4.79 Å². The lowest BCUT2D eigenvalue weighted by molar-refractivity contribution is -0.120. The van der Waals surface area contributed by atoms with Crippen LogP contribution in [0.1, 0.15) is 19.3 Å². The molecule has 1 amide bonds. The number of nitrogens with one attached hydrogen (secondary N) is 2. The van der Waals surface area contributed by atoms with Crippen LogP contribution >= 0.6 is 0 Å². The molecule has 0 unspecified atom stereocenters. The van der Waals surface area contributed by atoms with Gasteiger partial charge >= 0.3 is 0 Å². The Balaban J connectivity index is 1.76. The van der Waals surface area contributed by atoms with Crippen LogP contribution < -0.4 is 10.0 Å². The molecule has 2 N–H and O–H groups in total. The predicted molar refractivity (Wildman–Crippen MR) is 71.9 cm³/mol. The number of halogens is 1. The van der Waals surface area contributed by atoms with Crippen molar-refractivity contribution in [3.8, 4) is 0 Å². The molecule has 2 rings (SSSR count). The third kappa shape index (κ3) is 4.57. The van der Waals surface area contributed by atoms with Crippen molar-refractivity contribution >= 4 is 15.9 Å². The minimum atomic E-state index is -3.69. The van der Waals surface area contributed by atoms with E-state index in [2.05, 4.69) is 10.0 Å². The molecule has 1 saturated carbocycles. The SMILES string of the molecule is O=C(CCNS(=O)(=O)c1ccc(F)cc1)NCC1CC1. The highest BCUT2D eigenvalue weighted by molar-refractivity contribution is 7.89. The molecule has 7 heteroatoms. The second kappa shape index (κ2) is 6.32. The monoisotopic (exact) mass is 300 g/mol. The van der Waals surface area contributed by atoms with Gasteiger partial charge in [0.05, 0.1) is 4.90 Å². The number of rotatable bonds is 7. The number of carbonyl (C=O) groups is 1. The molecule has 0 saturated heterocycles. The van der Waals surface area contributed by atoms with Crippen LogP contribution in [0.4, 0.5) is 4.39 Å². The highest BCUT2D eigenvalue weighted by Crippen LogP contribution is 2.27. The maximum absolute atomic E-state index is 12.7.